The molecule has 1 nitrogen and oxygen atoms in total. The zero-order valence-corrected chi connectivity index (χ0v) is 7.21. The van der Waals surface area contributed by atoms with E-state index < -0.39 is 0 Å². The molecule has 2 heteroatoms. The number of hydrogen-bond donors (Lipinski definition) is 0. The molecule has 58 valence electrons. The minimum atomic E-state index is 1.30. The lowest BCUT2D eigenvalue weighted by atomic mass is 10.3. The van der Waals surface area contributed by atoms with E-state index in [-0.39, 0.29) is 0 Å². The van der Waals surface area contributed by atoms with E-state index in [2.05, 4.69) is 46.4 Å². The van der Waals surface area contributed by atoms with Crippen molar-refractivity contribution in [3.63, 3.8) is 0 Å². The molecule has 12 heavy (non-hydrogen) atoms. The summed E-state index contributed by atoms with van der Waals surface area (Å²) < 4.78 is 3.51. The van der Waals surface area contributed by atoms with Gasteiger partial charge in [0.15, 0.2) is 0 Å². The highest BCUT2D eigenvalue weighted by molar-refractivity contribution is 7.17. The topological polar surface area (TPSA) is 4.41 Å². The third-order valence-corrected chi connectivity index (χ3v) is 3.02. The lowest BCUT2D eigenvalue weighted by molar-refractivity contribution is 1.22. The molecule has 0 aliphatic rings. The third kappa shape index (κ3) is 0.676. The Morgan fingerprint density at radius 1 is 1.08 bits per heavy atom. The van der Waals surface area contributed by atoms with Gasteiger partial charge in [-0.25, -0.2) is 0 Å². The average molecular weight is 173 g/mol. The molecule has 0 saturated heterocycles. The Balaban J connectivity index is 2.71. The largest absolute Gasteiger partial charge is 0.323 e. The normalized spacial score (nSPS) is 11.3. The molecule has 0 N–H and O–H groups in total. The lowest BCUT2D eigenvalue weighted by Crippen LogP contribution is -1.78. The molecule has 0 aliphatic heterocycles. The van der Waals surface area contributed by atoms with Crippen molar-refractivity contribution in [1.29, 1.82) is 0 Å². The molecule has 0 aliphatic carbocycles. The number of rotatable bonds is 0. The molecule has 3 aromatic heterocycles. The summed E-state index contributed by atoms with van der Waals surface area (Å²) in [5.41, 5.74) is 1.30. The minimum Gasteiger partial charge on any atom is -0.323 e. The van der Waals surface area contributed by atoms with Gasteiger partial charge in [-0.1, -0.05) is 0 Å². The van der Waals surface area contributed by atoms with Crippen LogP contribution >= 0.6 is 11.3 Å². The molecule has 0 unspecified atom stereocenters. The van der Waals surface area contributed by atoms with Gasteiger partial charge in [-0.05, 0) is 29.6 Å². The molecular formula is C10H7NS. The monoisotopic (exact) mass is 173 g/mol. The molecule has 0 aromatic carbocycles. The van der Waals surface area contributed by atoms with Gasteiger partial charge in [-0.2, -0.15) is 0 Å². The summed E-state index contributed by atoms with van der Waals surface area (Å²) >= 11 is 1.79. The molecule has 0 atom stereocenters. The predicted molar refractivity (Wildman–Crippen MR) is 52.8 cm³/mol. The predicted octanol–water partition coefficient (Wildman–Crippen LogP) is 3.15. The van der Waals surface area contributed by atoms with Gasteiger partial charge in [-0.3, -0.25) is 0 Å². The maximum atomic E-state index is 2.18. The number of hydrogen-bond acceptors (Lipinski definition) is 1. The van der Waals surface area contributed by atoms with Crippen LogP contribution in [-0.4, -0.2) is 4.40 Å². The summed E-state index contributed by atoms with van der Waals surface area (Å²) in [5, 5.41) is 3.49. The van der Waals surface area contributed by atoms with Gasteiger partial charge in [0.25, 0.3) is 0 Å². The fourth-order valence-electron chi connectivity index (χ4n) is 1.56. The van der Waals surface area contributed by atoms with Gasteiger partial charge in [0, 0.05) is 22.5 Å². The molecule has 3 heterocycles. The van der Waals surface area contributed by atoms with Crippen LogP contribution in [0.15, 0.2) is 42.0 Å². The number of thiophene rings is 1. The van der Waals surface area contributed by atoms with Gasteiger partial charge < -0.3 is 4.40 Å². The molecule has 0 bridgehead atoms. The van der Waals surface area contributed by atoms with Crippen LogP contribution < -0.4 is 0 Å². The van der Waals surface area contributed by atoms with E-state index >= 15 is 0 Å². The van der Waals surface area contributed by atoms with Crippen molar-refractivity contribution >= 4 is 26.9 Å². The molecule has 0 saturated carbocycles. The van der Waals surface area contributed by atoms with Gasteiger partial charge in [0.1, 0.15) is 0 Å². The first kappa shape index (κ1) is 6.26. The van der Waals surface area contributed by atoms with Gasteiger partial charge >= 0.3 is 0 Å². The standard InChI is InChI=1S/C10H7NS/c1-2-9-8-4-7-12-10(8)3-6-11(9)5-1/h1-7H. The Labute approximate surface area is 73.9 Å². The van der Waals surface area contributed by atoms with E-state index in [0.29, 0.717) is 0 Å². The summed E-state index contributed by atoms with van der Waals surface area (Å²) in [6.45, 7) is 0. The van der Waals surface area contributed by atoms with Gasteiger partial charge in [0.05, 0.1) is 5.52 Å². The van der Waals surface area contributed by atoms with E-state index in [0.717, 1.165) is 0 Å². The highest BCUT2D eigenvalue weighted by atomic mass is 32.1. The van der Waals surface area contributed by atoms with Gasteiger partial charge in [-0.15, -0.1) is 11.3 Å². The highest BCUT2D eigenvalue weighted by Gasteiger charge is 1.99. The van der Waals surface area contributed by atoms with Crippen LogP contribution in [0, 0.1) is 0 Å². The molecule has 0 fully saturated rings. The van der Waals surface area contributed by atoms with Crippen LogP contribution in [0.2, 0.25) is 0 Å². The van der Waals surface area contributed by atoms with E-state index in [4.69, 9.17) is 0 Å². The van der Waals surface area contributed by atoms with E-state index in [1.165, 1.54) is 15.6 Å². The molecular weight excluding hydrogens is 166 g/mol. The van der Waals surface area contributed by atoms with Gasteiger partial charge in [0.2, 0.25) is 0 Å². The maximum Gasteiger partial charge on any atom is 0.0536 e. The Bertz CT molecular complexity index is 483. The van der Waals surface area contributed by atoms with Crippen molar-refractivity contribution in [2.24, 2.45) is 0 Å². The quantitative estimate of drug-likeness (QED) is 0.492. The first-order valence-electron chi connectivity index (χ1n) is 3.88. The fraction of sp³-hybridized carbons (Fsp3) is 0. The second kappa shape index (κ2) is 2.11. The third-order valence-electron chi connectivity index (χ3n) is 2.14. The summed E-state index contributed by atoms with van der Waals surface area (Å²) in [6.07, 6.45) is 4.18. The Morgan fingerprint density at radius 3 is 3.08 bits per heavy atom. The van der Waals surface area contributed by atoms with Crippen molar-refractivity contribution < 1.29 is 0 Å². The Hall–Kier alpha value is -1.28. The van der Waals surface area contributed by atoms with Crippen molar-refractivity contribution in [3.8, 4) is 0 Å². The number of aromatic nitrogens is 1. The minimum absolute atomic E-state index is 1.30. The first-order chi connectivity index (χ1) is 5.95. The van der Waals surface area contributed by atoms with E-state index in [1.807, 2.05) is 0 Å². The van der Waals surface area contributed by atoms with Crippen LogP contribution in [0.3, 0.4) is 0 Å². The number of nitrogens with zero attached hydrogens (tertiary/aromatic N) is 1. The Morgan fingerprint density at radius 2 is 2.08 bits per heavy atom. The van der Waals surface area contributed by atoms with Crippen molar-refractivity contribution in [1.82, 2.24) is 4.40 Å². The van der Waals surface area contributed by atoms with Crippen LogP contribution in [0.5, 0.6) is 0 Å². The summed E-state index contributed by atoms with van der Waals surface area (Å²) in [6, 6.07) is 8.56. The molecule has 0 radical (unpaired) electrons. The van der Waals surface area contributed by atoms with Crippen LogP contribution in [0.25, 0.3) is 15.6 Å². The smallest absolute Gasteiger partial charge is 0.0536 e. The zero-order valence-electron chi connectivity index (χ0n) is 6.40. The van der Waals surface area contributed by atoms with Crippen LogP contribution in [-0.2, 0) is 0 Å². The summed E-state index contributed by atoms with van der Waals surface area (Å²) in [5.74, 6) is 0. The molecule has 0 spiro atoms. The summed E-state index contributed by atoms with van der Waals surface area (Å²) in [4.78, 5) is 0. The second-order valence-corrected chi connectivity index (χ2v) is 3.76. The first-order valence-corrected chi connectivity index (χ1v) is 4.76. The molecule has 0 amide bonds. The fourth-order valence-corrected chi connectivity index (χ4v) is 2.35. The number of pyridine rings is 1. The van der Waals surface area contributed by atoms with Crippen LogP contribution in [0.1, 0.15) is 0 Å². The second-order valence-electron chi connectivity index (χ2n) is 2.81. The number of fused-ring (bicyclic) bond motifs is 3. The Kier molecular flexibility index (Phi) is 1.10. The van der Waals surface area contributed by atoms with Crippen molar-refractivity contribution in [2.75, 3.05) is 0 Å². The highest BCUT2D eigenvalue weighted by Crippen LogP contribution is 2.24. The van der Waals surface area contributed by atoms with Crippen molar-refractivity contribution in [2.45, 2.75) is 0 Å². The zero-order chi connectivity index (χ0) is 7.97. The SMILES string of the molecule is c1cc2c3ccsc3ccn2c1. The van der Waals surface area contributed by atoms with E-state index in [9.17, 15) is 0 Å². The lowest BCUT2D eigenvalue weighted by Gasteiger charge is -1.94. The van der Waals surface area contributed by atoms with Crippen molar-refractivity contribution in [3.05, 3.63) is 42.0 Å². The average Bonchev–Trinajstić information content (AvgIpc) is 2.71. The van der Waals surface area contributed by atoms with E-state index in [1.54, 1.807) is 11.3 Å². The maximum absolute atomic E-state index is 2.18. The molecule has 3 rings (SSSR count). The summed E-state index contributed by atoms with van der Waals surface area (Å²) in [7, 11) is 0. The molecule has 3 aromatic rings. The van der Waals surface area contributed by atoms with Crippen LogP contribution in [0.4, 0.5) is 0 Å².